The molecular formula is C11H17NO3. The van der Waals surface area contributed by atoms with Crippen LogP contribution in [0.5, 0.6) is 5.75 Å². The Bertz CT molecular complexity index is 326. The first-order chi connectivity index (χ1) is 7.04. The molecule has 2 unspecified atom stereocenters. The van der Waals surface area contributed by atoms with Crippen LogP contribution >= 0.6 is 0 Å². The van der Waals surface area contributed by atoms with E-state index in [2.05, 4.69) is 4.98 Å². The van der Waals surface area contributed by atoms with Gasteiger partial charge in [-0.3, -0.25) is 4.98 Å². The normalized spacial score (nSPS) is 14.7. The minimum absolute atomic E-state index is 0.163. The third-order valence-corrected chi connectivity index (χ3v) is 2.21. The fourth-order valence-corrected chi connectivity index (χ4v) is 1.12. The summed E-state index contributed by atoms with van der Waals surface area (Å²) in [7, 11) is 0. The predicted octanol–water partition coefficient (Wildman–Crippen LogP) is 1.03. The number of aromatic nitrogens is 1. The Hall–Kier alpha value is -1.13. The summed E-state index contributed by atoms with van der Waals surface area (Å²) >= 11 is 0. The molecule has 4 heteroatoms. The Balaban J connectivity index is 2.84. The first kappa shape index (κ1) is 11.9. The van der Waals surface area contributed by atoms with Crippen LogP contribution in [-0.2, 0) is 6.61 Å². The molecule has 0 radical (unpaired) electrons. The Kier molecular flexibility index (Phi) is 4.05. The van der Waals surface area contributed by atoms with Gasteiger partial charge >= 0.3 is 0 Å². The Morgan fingerprint density at radius 2 is 2.07 bits per heavy atom. The largest absolute Gasteiger partial charge is 0.486 e. The summed E-state index contributed by atoms with van der Waals surface area (Å²) in [5, 5.41) is 18.4. The summed E-state index contributed by atoms with van der Waals surface area (Å²) in [5.41, 5.74) is 1.33. The maximum Gasteiger partial charge on any atom is 0.143 e. The van der Waals surface area contributed by atoms with Gasteiger partial charge in [0.2, 0.25) is 0 Å². The molecule has 0 aliphatic carbocycles. The van der Waals surface area contributed by atoms with Gasteiger partial charge in [-0.25, -0.2) is 0 Å². The van der Waals surface area contributed by atoms with E-state index in [-0.39, 0.29) is 12.7 Å². The molecule has 1 heterocycles. The number of aliphatic hydroxyl groups excluding tert-OH is 2. The van der Waals surface area contributed by atoms with Crippen molar-refractivity contribution in [3.63, 3.8) is 0 Å². The molecule has 0 bridgehead atoms. The van der Waals surface area contributed by atoms with Crippen molar-refractivity contribution in [2.45, 2.75) is 39.6 Å². The monoisotopic (exact) mass is 211 g/mol. The average Bonchev–Trinajstić information content (AvgIpc) is 2.20. The lowest BCUT2D eigenvalue weighted by Gasteiger charge is -2.18. The molecule has 0 aliphatic rings. The van der Waals surface area contributed by atoms with Crippen molar-refractivity contribution in [2.75, 3.05) is 0 Å². The number of pyridine rings is 1. The second kappa shape index (κ2) is 5.09. The zero-order valence-electron chi connectivity index (χ0n) is 9.27. The topological polar surface area (TPSA) is 62.6 Å². The van der Waals surface area contributed by atoms with E-state index in [0.29, 0.717) is 11.4 Å². The van der Waals surface area contributed by atoms with E-state index in [9.17, 15) is 5.11 Å². The smallest absolute Gasteiger partial charge is 0.143 e. The number of hydrogen-bond donors (Lipinski definition) is 2. The standard InChI is InChI=1S/C11H17NO3/c1-7-4-5-11(10(6-13)12-7)15-9(3)8(2)14/h4-5,8-9,13-14H,6H2,1-3H3. The molecule has 0 amide bonds. The molecule has 1 aromatic heterocycles. The summed E-state index contributed by atoms with van der Waals surface area (Å²) in [4.78, 5) is 4.15. The lowest BCUT2D eigenvalue weighted by molar-refractivity contribution is 0.0585. The Labute approximate surface area is 89.5 Å². The third kappa shape index (κ3) is 3.18. The second-order valence-corrected chi connectivity index (χ2v) is 3.62. The first-order valence-electron chi connectivity index (χ1n) is 4.96. The van der Waals surface area contributed by atoms with Crippen LogP contribution in [0, 0.1) is 6.92 Å². The molecule has 1 rings (SSSR count). The number of aliphatic hydroxyl groups is 2. The minimum Gasteiger partial charge on any atom is -0.486 e. The highest BCUT2D eigenvalue weighted by atomic mass is 16.5. The lowest BCUT2D eigenvalue weighted by Crippen LogP contribution is -2.26. The summed E-state index contributed by atoms with van der Waals surface area (Å²) < 4.78 is 5.48. The highest BCUT2D eigenvalue weighted by Crippen LogP contribution is 2.19. The van der Waals surface area contributed by atoms with Crippen LogP contribution < -0.4 is 4.74 Å². The molecule has 84 valence electrons. The molecule has 0 aliphatic heterocycles. The lowest BCUT2D eigenvalue weighted by atomic mass is 10.2. The van der Waals surface area contributed by atoms with Crippen LogP contribution in [0.1, 0.15) is 25.2 Å². The summed E-state index contributed by atoms with van der Waals surface area (Å²) in [5.74, 6) is 0.525. The van der Waals surface area contributed by atoms with E-state index in [1.165, 1.54) is 0 Å². The average molecular weight is 211 g/mol. The Morgan fingerprint density at radius 3 is 2.60 bits per heavy atom. The van der Waals surface area contributed by atoms with Gasteiger partial charge in [0, 0.05) is 5.69 Å². The minimum atomic E-state index is -0.558. The van der Waals surface area contributed by atoms with Crippen LogP contribution in [0.3, 0.4) is 0 Å². The highest BCUT2D eigenvalue weighted by Gasteiger charge is 2.13. The van der Waals surface area contributed by atoms with E-state index in [1.54, 1.807) is 19.9 Å². The van der Waals surface area contributed by atoms with Gasteiger partial charge in [-0.05, 0) is 32.9 Å². The molecule has 2 atom stereocenters. The first-order valence-corrected chi connectivity index (χ1v) is 4.96. The van der Waals surface area contributed by atoms with Crippen LogP contribution in [0.15, 0.2) is 12.1 Å². The number of nitrogens with zero attached hydrogens (tertiary/aromatic N) is 1. The molecule has 15 heavy (non-hydrogen) atoms. The predicted molar refractivity (Wildman–Crippen MR) is 56.7 cm³/mol. The van der Waals surface area contributed by atoms with Crippen molar-refractivity contribution >= 4 is 0 Å². The van der Waals surface area contributed by atoms with Gasteiger partial charge in [0.1, 0.15) is 17.5 Å². The number of ether oxygens (including phenoxy) is 1. The molecule has 0 fully saturated rings. The molecule has 2 N–H and O–H groups in total. The number of hydrogen-bond acceptors (Lipinski definition) is 4. The van der Waals surface area contributed by atoms with E-state index in [0.717, 1.165) is 5.69 Å². The van der Waals surface area contributed by atoms with Crippen molar-refractivity contribution in [3.05, 3.63) is 23.5 Å². The van der Waals surface area contributed by atoms with Gasteiger partial charge in [0.25, 0.3) is 0 Å². The van der Waals surface area contributed by atoms with E-state index < -0.39 is 6.10 Å². The number of rotatable bonds is 4. The van der Waals surface area contributed by atoms with Crippen LogP contribution in [0.2, 0.25) is 0 Å². The molecule has 0 saturated carbocycles. The van der Waals surface area contributed by atoms with Gasteiger partial charge in [0.15, 0.2) is 0 Å². The Morgan fingerprint density at radius 1 is 1.40 bits per heavy atom. The van der Waals surface area contributed by atoms with Gasteiger partial charge in [-0.2, -0.15) is 0 Å². The van der Waals surface area contributed by atoms with Gasteiger partial charge in [0.05, 0.1) is 12.7 Å². The van der Waals surface area contributed by atoms with Gasteiger partial charge in [-0.15, -0.1) is 0 Å². The highest BCUT2D eigenvalue weighted by molar-refractivity contribution is 5.28. The molecule has 0 aromatic carbocycles. The molecule has 1 aromatic rings. The summed E-state index contributed by atoms with van der Waals surface area (Å²) in [6.45, 7) is 5.11. The zero-order valence-corrected chi connectivity index (χ0v) is 9.27. The fourth-order valence-electron chi connectivity index (χ4n) is 1.12. The molecule has 0 saturated heterocycles. The number of aryl methyl sites for hydroxylation is 1. The van der Waals surface area contributed by atoms with Crippen LogP contribution in [0.25, 0.3) is 0 Å². The maximum absolute atomic E-state index is 9.29. The summed E-state index contributed by atoms with van der Waals surface area (Å²) in [6, 6.07) is 3.57. The fraction of sp³-hybridized carbons (Fsp3) is 0.545. The maximum atomic E-state index is 9.29. The van der Waals surface area contributed by atoms with Gasteiger partial charge < -0.3 is 14.9 Å². The van der Waals surface area contributed by atoms with Crippen LogP contribution in [-0.4, -0.2) is 27.4 Å². The zero-order chi connectivity index (χ0) is 11.4. The van der Waals surface area contributed by atoms with Crippen molar-refractivity contribution in [2.24, 2.45) is 0 Å². The summed E-state index contributed by atoms with van der Waals surface area (Å²) in [6.07, 6.45) is -0.877. The van der Waals surface area contributed by atoms with E-state index in [1.807, 2.05) is 13.0 Å². The van der Waals surface area contributed by atoms with E-state index >= 15 is 0 Å². The van der Waals surface area contributed by atoms with Crippen LogP contribution in [0.4, 0.5) is 0 Å². The van der Waals surface area contributed by atoms with Gasteiger partial charge in [-0.1, -0.05) is 0 Å². The van der Waals surface area contributed by atoms with Crippen molar-refractivity contribution in [1.82, 2.24) is 4.98 Å². The van der Waals surface area contributed by atoms with Crippen molar-refractivity contribution in [1.29, 1.82) is 0 Å². The molecule has 0 spiro atoms. The van der Waals surface area contributed by atoms with Crippen molar-refractivity contribution in [3.8, 4) is 5.75 Å². The molecular weight excluding hydrogens is 194 g/mol. The quantitative estimate of drug-likeness (QED) is 0.780. The SMILES string of the molecule is Cc1ccc(OC(C)C(C)O)c(CO)n1. The van der Waals surface area contributed by atoms with Crippen molar-refractivity contribution < 1.29 is 14.9 Å². The van der Waals surface area contributed by atoms with E-state index in [4.69, 9.17) is 9.84 Å². The molecule has 4 nitrogen and oxygen atoms in total. The second-order valence-electron chi connectivity index (χ2n) is 3.62. The third-order valence-electron chi connectivity index (χ3n) is 2.21.